The Labute approximate surface area is 156 Å². The number of carbonyl (C=O) groups excluding carboxylic acids is 1. The average Bonchev–Trinajstić information content (AvgIpc) is 3.06. The highest BCUT2D eigenvalue weighted by Gasteiger charge is 2.17. The summed E-state index contributed by atoms with van der Waals surface area (Å²) >= 11 is 6.22. The molecule has 6 heteroatoms. The molecule has 4 rings (SSSR count). The van der Waals surface area contributed by atoms with Crippen molar-refractivity contribution in [3.8, 4) is 5.75 Å². The van der Waals surface area contributed by atoms with Gasteiger partial charge in [-0.1, -0.05) is 29.8 Å². The Bertz CT molecular complexity index is 967. The van der Waals surface area contributed by atoms with Crippen molar-refractivity contribution in [2.75, 3.05) is 18.5 Å². The number of hydrogen-bond donors (Lipinski definition) is 3. The molecule has 0 spiro atoms. The van der Waals surface area contributed by atoms with Crippen LogP contribution in [-0.4, -0.2) is 24.0 Å². The van der Waals surface area contributed by atoms with E-state index in [2.05, 4.69) is 28.6 Å². The summed E-state index contributed by atoms with van der Waals surface area (Å²) in [4.78, 5) is 14.6. The molecule has 1 aliphatic heterocycles. The first-order valence-corrected chi connectivity index (χ1v) is 9.04. The van der Waals surface area contributed by atoms with Gasteiger partial charge in [-0.25, -0.2) is 0 Å². The third-order valence-corrected chi connectivity index (χ3v) is 5.05. The van der Waals surface area contributed by atoms with Gasteiger partial charge in [0, 0.05) is 17.6 Å². The van der Waals surface area contributed by atoms with Gasteiger partial charge in [0.15, 0.2) is 6.61 Å². The van der Waals surface area contributed by atoms with Crippen molar-refractivity contribution in [3.05, 3.63) is 58.7 Å². The topological polar surface area (TPSA) is 66.1 Å². The largest absolute Gasteiger partial charge is 0.482 e. The fraction of sp³-hybridized carbons (Fsp3) is 0.250. The summed E-state index contributed by atoms with van der Waals surface area (Å²) < 4.78 is 5.49. The number of aromatic amines is 1. The molecule has 2 heterocycles. The molecule has 1 amide bonds. The van der Waals surface area contributed by atoms with Gasteiger partial charge in [-0.05, 0) is 49.2 Å². The van der Waals surface area contributed by atoms with E-state index >= 15 is 0 Å². The van der Waals surface area contributed by atoms with Crippen molar-refractivity contribution in [2.45, 2.75) is 19.4 Å². The maximum absolute atomic E-state index is 11.4. The maximum Gasteiger partial charge on any atom is 0.262 e. The van der Waals surface area contributed by atoms with Crippen LogP contribution in [-0.2, 0) is 11.2 Å². The monoisotopic (exact) mass is 369 g/mol. The number of carbonyl (C=O) groups is 1. The van der Waals surface area contributed by atoms with E-state index in [0.29, 0.717) is 0 Å². The van der Waals surface area contributed by atoms with Crippen LogP contribution in [0.3, 0.4) is 0 Å². The summed E-state index contributed by atoms with van der Waals surface area (Å²) in [5, 5.41) is 8.27. The van der Waals surface area contributed by atoms with E-state index in [1.807, 2.05) is 36.5 Å². The molecule has 134 valence electrons. The summed E-state index contributed by atoms with van der Waals surface area (Å²) in [7, 11) is 0. The van der Waals surface area contributed by atoms with E-state index in [4.69, 9.17) is 16.3 Å². The van der Waals surface area contributed by atoms with E-state index in [0.717, 1.165) is 40.5 Å². The van der Waals surface area contributed by atoms with Gasteiger partial charge in [0.2, 0.25) is 0 Å². The lowest BCUT2D eigenvalue weighted by Crippen LogP contribution is -2.26. The smallest absolute Gasteiger partial charge is 0.262 e. The number of nitrogens with one attached hydrogen (secondary N) is 3. The summed E-state index contributed by atoms with van der Waals surface area (Å²) in [6.45, 7) is 3.03. The van der Waals surface area contributed by atoms with Crippen molar-refractivity contribution in [3.63, 3.8) is 0 Å². The van der Waals surface area contributed by atoms with E-state index in [-0.39, 0.29) is 18.6 Å². The van der Waals surface area contributed by atoms with Crippen molar-refractivity contribution >= 4 is 34.1 Å². The third-order valence-electron chi connectivity index (χ3n) is 4.73. The zero-order valence-corrected chi connectivity index (χ0v) is 15.2. The highest BCUT2D eigenvalue weighted by molar-refractivity contribution is 6.35. The van der Waals surface area contributed by atoms with Crippen LogP contribution < -0.4 is 15.4 Å². The highest BCUT2D eigenvalue weighted by atomic mass is 35.5. The SMILES string of the molecule is CC(NCCc1c[nH]c2c(Cl)cccc12)c1ccc2c(c1)OCC(=O)N2. The van der Waals surface area contributed by atoms with Crippen LogP contribution in [0.15, 0.2) is 42.6 Å². The second-order valence-electron chi connectivity index (χ2n) is 6.49. The van der Waals surface area contributed by atoms with E-state index in [1.165, 1.54) is 10.9 Å². The number of rotatable bonds is 5. The van der Waals surface area contributed by atoms with Crippen molar-refractivity contribution < 1.29 is 9.53 Å². The van der Waals surface area contributed by atoms with Gasteiger partial charge in [0.05, 0.1) is 16.2 Å². The number of ether oxygens (including phenoxy) is 1. The predicted molar refractivity (Wildman–Crippen MR) is 104 cm³/mol. The molecule has 0 fully saturated rings. The number of hydrogen-bond acceptors (Lipinski definition) is 3. The molecule has 3 N–H and O–H groups in total. The molecule has 0 aliphatic carbocycles. The van der Waals surface area contributed by atoms with Crippen LogP contribution in [0.5, 0.6) is 5.75 Å². The van der Waals surface area contributed by atoms with Crippen LogP contribution in [0.1, 0.15) is 24.1 Å². The molecule has 1 atom stereocenters. The van der Waals surface area contributed by atoms with E-state index in [9.17, 15) is 4.79 Å². The summed E-state index contributed by atoms with van der Waals surface area (Å²) in [6, 6.07) is 12.0. The zero-order chi connectivity index (χ0) is 18.1. The number of anilines is 1. The summed E-state index contributed by atoms with van der Waals surface area (Å²) in [5.74, 6) is 0.609. The molecule has 3 aromatic rings. The van der Waals surface area contributed by atoms with Crippen molar-refractivity contribution in [2.24, 2.45) is 0 Å². The second kappa shape index (κ2) is 7.02. The van der Waals surface area contributed by atoms with Gasteiger partial charge < -0.3 is 20.4 Å². The molecule has 26 heavy (non-hydrogen) atoms. The minimum atomic E-state index is -0.116. The van der Waals surface area contributed by atoms with Gasteiger partial charge in [0.25, 0.3) is 5.91 Å². The molecule has 5 nitrogen and oxygen atoms in total. The van der Waals surface area contributed by atoms with Crippen LogP contribution in [0, 0.1) is 0 Å². The Morgan fingerprint density at radius 1 is 1.31 bits per heavy atom. The molecule has 1 aliphatic rings. The number of aromatic nitrogens is 1. The van der Waals surface area contributed by atoms with Gasteiger partial charge in [-0.15, -0.1) is 0 Å². The van der Waals surface area contributed by atoms with E-state index < -0.39 is 0 Å². The van der Waals surface area contributed by atoms with Gasteiger partial charge >= 0.3 is 0 Å². The Morgan fingerprint density at radius 2 is 2.19 bits per heavy atom. The molecular formula is C20H20ClN3O2. The van der Waals surface area contributed by atoms with Gasteiger partial charge in [-0.2, -0.15) is 0 Å². The first kappa shape index (κ1) is 16.9. The maximum atomic E-state index is 11.4. The Balaban J connectivity index is 1.40. The average molecular weight is 370 g/mol. The normalized spacial score (nSPS) is 14.6. The second-order valence-corrected chi connectivity index (χ2v) is 6.90. The Morgan fingerprint density at radius 3 is 3.08 bits per heavy atom. The molecule has 0 saturated carbocycles. The fourth-order valence-electron chi connectivity index (χ4n) is 3.28. The fourth-order valence-corrected chi connectivity index (χ4v) is 3.51. The molecule has 0 radical (unpaired) electrons. The summed E-state index contributed by atoms with van der Waals surface area (Å²) in [6.07, 6.45) is 2.93. The minimum absolute atomic E-state index is 0.0708. The lowest BCUT2D eigenvalue weighted by Gasteiger charge is -2.21. The van der Waals surface area contributed by atoms with Gasteiger partial charge in [-0.3, -0.25) is 4.79 Å². The number of amides is 1. The quantitative estimate of drug-likeness (QED) is 0.635. The number of para-hydroxylation sites is 1. The lowest BCUT2D eigenvalue weighted by atomic mass is 10.1. The summed E-state index contributed by atoms with van der Waals surface area (Å²) in [5.41, 5.74) is 4.10. The van der Waals surface area contributed by atoms with Crippen molar-refractivity contribution in [1.82, 2.24) is 10.3 Å². The van der Waals surface area contributed by atoms with Gasteiger partial charge in [0.1, 0.15) is 5.75 Å². The van der Waals surface area contributed by atoms with Crippen LogP contribution in [0.25, 0.3) is 10.9 Å². The molecule has 1 aromatic heterocycles. The number of H-pyrrole nitrogens is 1. The lowest BCUT2D eigenvalue weighted by molar-refractivity contribution is -0.118. The molecular weight excluding hydrogens is 350 g/mol. The van der Waals surface area contributed by atoms with Crippen molar-refractivity contribution in [1.29, 1.82) is 0 Å². The highest BCUT2D eigenvalue weighted by Crippen LogP contribution is 2.30. The number of fused-ring (bicyclic) bond motifs is 2. The molecule has 1 unspecified atom stereocenters. The first-order chi connectivity index (χ1) is 12.6. The first-order valence-electron chi connectivity index (χ1n) is 8.66. The molecule has 0 saturated heterocycles. The Hall–Kier alpha value is -2.50. The number of halogens is 1. The Kier molecular flexibility index (Phi) is 4.57. The van der Waals surface area contributed by atoms with Crippen LogP contribution in [0.2, 0.25) is 5.02 Å². The minimum Gasteiger partial charge on any atom is -0.482 e. The molecule has 2 aromatic carbocycles. The third kappa shape index (κ3) is 3.28. The van der Waals surface area contributed by atoms with E-state index in [1.54, 1.807) is 0 Å². The van der Waals surface area contributed by atoms with Crippen LogP contribution >= 0.6 is 11.6 Å². The zero-order valence-electron chi connectivity index (χ0n) is 14.4. The standard InChI is InChI=1S/C20H20ClN3O2/c1-12(13-5-6-17-18(9-13)26-11-19(25)24-17)22-8-7-14-10-23-20-15(14)3-2-4-16(20)21/h2-6,9-10,12,22-23H,7-8,11H2,1H3,(H,24,25). The van der Waals surface area contributed by atoms with Crippen LogP contribution in [0.4, 0.5) is 5.69 Å². The molecule has 0 bridgehead atoms. The number of benzene rings is 2. The predicted octanol–water partition coefficient (Wildman–Crippen LogP) is 4.05.